The Morgan fingerprint density at radius 1 is 1.70 bits per heavy atom. The molecule has 0 bridgehead atoms. The second-order valence-electron chi connectivity index (χ2n) is 2.04. The molecule has 0 spiro atoms. The molecule has 0 aliphatic carbocycles. The quantitative estimate of drug-likeness (QED) is 0.569. The molecule has 1 rings (SSSR count). The SMILES string of the molecule is SCCNC1=NCCCO1. The van der Waals surface area contributed by atoms with Gasteiger partial charge in [-0.05, 0) is 0 Å². The van der Waals surface area contributed by atoms with Crippen molar-refractivity contribution in [3.8, 4) is 0 Å². The smallest absolute Gasteiger partial charge is 0.284 e. The summed E-state index contributed by atoms with van der Waals surface area (Å²) in [6.07, 6.45) is 1.03. The van der Waals surface area contributed by atoms with Crippen LogP contribution in [0.25, 0.3) is 0 Å². The van der Waals surface area contributed by atoms with Gasteiger partial charge in [-0.1, -0.05) is 0 Å². The molecular formula is C6H12N2OS. The van der Waals surface area contributed by atoms with E-state index in [9.17, 15) is 0 Å². The Hall–Kier alpha value is -0.380. The maximum absolute atomic E-state index is 5.18. The number of hydrogen-bond donors (Lipinski definition) is 2. The van der Waals surface area contributed by atoms with Crippen LogP contribution in [0.5, 0.6) is 0 Å². The van der Waals surface area contributed by atoms with E-state index in [0.29, 0.717) is 6.02 Å². The van der Waals surface area contributed by atoms with Gasteiger partial charge in [-0.15, -0.1) is 0 Å². The Labute approximate surface area is 66.3 Å². The number of ether oxygens (including phenoxy) is 1. The molecule has 58 valence electrons. The number of rotatable bonds is 2. The number of aliphatic imine (C=N–C) groups is 1. The highest BCUT2D eigenvalue weighted by molar-refractivity contribution is 7.80. The predicted molar refractivity (Wildman–Crippen MR) is 44.7 cm³/mol. The monoisotopic (exact) mass is 160 g/mol. The van der Waals surface area contributed by atoms with Gasteiger partial charge in [0.2, 0.25) is 0 Å². The summed E-state index contributed by atoms with van der Waals surface area (Å²) in [6, 6.07) is 0.681. The van der Waals surface area contributed by atoms with Crippen molar-refractivity contribution in [1.82, 2.24) is 5.32 Å². The molecule has 0 amide bonds. The van der Waals surface area contributed by atoms with E-state index in [2.05, 4.69) is 22.9 Å². The van der Waals surface area contributed by atoms with Gasteiger partial charge in [0.15, 0.2) is 0 Å². The van der Waals surface area contributed by atoms with Crippen LogP contribution in [0, 0.1) is 0 Å². The molecule has 0 unspecified atom stereocenters. The largest absolute Gasteiger partial charge is 0.465 e. The molecule has 0 saturated carbocycles. The van der Waals surface area contributed by atoms with Gasteiger partial charge >= 0.3 is 0 Å². The average molecular weight is 160 g/mol. The number of nitrogens with one attached hydrogen (secondary N) is 1. The number of nitrogens with zero attached hydrogens (tertiary/aromatic N) is 1. The minimum atomic E-state index is 0.681. The van der Waals surface area contributed by atoms with E-state index >= 15 is 0 Å². The van der Waals surface area contributed by atoms with E-state index in [1.807, 2.05) is 0 Å². The molecule has 1 N–H and O–H groups in total. The summed E-state index contributed by atoms with van der Waals surface area (Å²) >= 11 is 4.05. The van der Waals surface area contributed by atoms with Crippen LogP contribution in [0.3, 0.4) is 0 Å². The highest BCUT2D eigenvalue weighted by atomic mass is 32.1. The van der Waals surface area contributed by atoms with Crippen LogP contribution < -0.4 is 5.32 Å². The lowest BCUT2D eigenvalue weighted by molar-refractivity contribution is 0.268. The number of amidine groups is 1. The molecule has 10 heavy (non-hydrogen) atoms. The second-order valence-corrected chi connectivity index (χ2v) is 2.49. The standard InChI is InChI=1S/C6H12N2OS/c10-5-3-8-6-7-2-1-4-9-6/h10H,1-5H2,(H,7,8). The van der Waals surface area contributed by atoms with Crippen LogP contribution >= 0.6 is 12.6 Å². The van der Waals surface area contributed by atoms with E-state index in [1.165, 1.54) is 0 Å². The van der Waals surface area contributed by atoms with Crippen molar-refractivity contribution < 1.29 is 4.74 Å². The van der Waals surface area contributed by atoms with Crippen molar-refractivity contribution in [3.63, 3.8) is 0 Å². The summed E-state index contributed by atoms with van der Waals surface area (Å²) < 4.78 is 5.18. The van der Waals surface area contributed by atoms with Gasteiger partial charge in [-0.3, -0.25) is 0 Å². The summed E-state index contributed by atoms with van der Waals surface area (Å²) in [5.74, 6) is 0.808. The maximum atomic E-state index is 5.18. The molecule has 0 aromatic carbocycles. The van der Waals surface area contributed by atoms with Gasteiger partial charge in [0.05, 0.1) is 6.61 Å². The minimum absolute atomic E-state index is 0.681. The lowest BCUT2D eigenvalue weighted by atomic mass is 10.4. The summed E-state index contributed by atoms with van der Waals surface area (Å²) in [6.45, 7) is 2.50. The van der Waals surface area contributed by atoms with Crippen LogP contribution in [0.15, 0.2) is 4.99 Å². The highest BCUT2D eigenvalue weighted by Gasteiger charge is 2.02. The normalized spacial score (nSPS) is 17.5. The molecule has 3 nitrogen and oxygen atoms in total. The average Bonchev–Trinajstić information content (AvgIpc) is 2.03. The first-order valence-corrected chi connectivity index (χ1v) is 4.08. The molecule has 0 aromatic rings. The fourth-order valence-electron chi connectivity index (χ4n) is 0.729. The van der Waals surface area contributed by atoms with Gasteiger partial charge in [0, 0.05) is 25.3 Å². The van der Waals surface area contributed by atoms with Crippen LogP contribution in [-0.2, 0) is 4.74 Å². The zero-order chi connectivity index (χ0) is 7.23. The Balaban J connectivity index is 2.18. The molecule has 0 fully saturated rings. The highest BCUT2D eigenvalue weighted by Crippen LogP contribution is 1.93. The van der Waals surface area contributed by atoms with Crippen molar-refractivity contribution in [2.75, 3.05) is 25.4 Å². The van der Waals surface area contributed by atoms with E-state index < -0.39 is 0 Å². The van der Waals surface area contributed by atoms with E-state index in [-0.39, 0.29) is 0 Å². The summed E-state index contributed by atoms with van der Waals surface area (Å²) in [5, 5.41) is 3.02. The van der Waals surface area contributed by atoms with Gasteiger partial charge in [-0.2, -0.15) is 12.6 Å². The summed E-state index contributed by atoms with van der Waals surface area (Å²) in [5.41, 5.74) is 0. The van der Waals surface area contributed by atoms with Crippen LogP contribution in [0.4, 0.5) is 0 Å². The summed E-state index contributed by atoms with van der Waals surface area (Å²) in [7, 11) is 0. The second kappa shape index (κ2) is 4.44. The third kappa shape index (κ3) is 2.47. The fraction of sp³-hybridized carbons (Fsp3) is 0.833. The third-order valence-electron chi connectivity index (χ3n) is 1.18. The molecule has 0 saturated heterocycles. The lowest BCUT2D eigenvalue weighted by Crippen LogP contribution is -2.30. The van der Waals surface area contributed by atoms with Gasteiger partial charge in [0.1, 0.15) is 0 Å². The van der Waals surface area contributed by atoms with Gasteiger partial charge in [-0.25, -0.2) is 4.99 Å². The molecule has 4 heteroatoms. The molecule has 0 radical (unpaired) electrons. The van der Waals surface area contributed by atoms with Gasteiger partial charge < -0.3 is 10.1 Å². The number of thiol groups is 1. The van der Waals surface area contributed by atoms with Gasteiger partial charge in [0.25, 0.3) is 6.02 Å². The molecule has 1 aliphatic heterocycles. The zero-order valence-corrected chi connectivity index (χ0v) is 6.73. The molecule has 1 heterocycles. The van der Waals surface area contributed by atoms with Crippen molar-refractivity contribution in [2.24, 2.45) is 4.99 Å². The van der Waals surface area contributed by atoms with E-state index in [4.69, 9.17) is 4.74 Å². The van der Waals surface area contributed by atoms with Crippen LogP contribution in [0.2, 0.25) is 0 Å². The molecule has 0 aromatic heterocycles. The lowest BCUT2D eigenvalue weighted by Gasteiger charge is -2.13. The first-order chi connectivity index (χ1) is 4.93. The first-order valence-electron chi connectivity index (χ1n) is 3.45. The Kier molecular flexibility index (Phi) is 3.43. The predicted octanol–water partition coefficient (Wildman–Crippen LogP) is 0.282. The van der Waals surface area contributed by atoms with E-state index in [0.717, 1.165) is 31.9 Å². The Morgan fingerprint density at radius 2 is 2.60 bits per heavy atom. The van der Waals surface area contributed by atoms with Crippen molar-refractivity contribution in [1.29, 1.82) is 0 Å². The maximum Gasteiger partial charge on any atom is 0.284 e. The van der Waals surface area contributed by atoms with Crippen molar-refractivity contribution >= 4 is 18.7 Å². The number of hydrogen-bond acceptors (Lipinski definition) is 4. The molecule has 0 atom stereocenters. The van der Waals surface area contributed by atoms with E-state index in [1.54, 1.807) is 0 Å². The molecular weight excluding hydrogens is 148 g/mol. The Morgan fingerprint density at radius 3 is 3.20 bits per heavy atom. The Bertz CT molecular complexity index is 127. The van der Waals surface area contributed by atoms with Crippen LogP contribution in [-0.4, -0.2) is 31.5 Å². The van der Waals surface area contributed by atoms with Crippen molar-refractivity contribution in [2.45, 2.75) is 6.42 Å². The first kappa shape index (κ1) is 7.72. The topological polar surface area (TPSA) is 33.6 Å². The minimum Gasteiger partial charge on any atom is -0.465 e. The fourth-order valence-corrected chi connectivity index (χ4v) is 0.841. The molecule has 1 aliphatic rings. The zero-order valence-electron chi connectivity index (χ0n) is 5.84. The van der Waals surface area contributed by atoms with Crippen LogP contribution in [0.1, 0.15) is 6.42 Å². The summed E-state index contributed by atoms with van der Waals surface area (Å²) in [4.78, 5) is 4.12. The van der Waals surface area contributed by atoms with Crippen molar-refractivity contribution in [3.05, 3.63) is 0 Å². The third-order valence-corrected chi connectivity index (χ3v) is 1.41.